The minimum Gasteiger partial charge on any atom is -0.493 e. The summed E-state index contributed by atoms with van der Waals surface area (Å²) in [6, 6.07) is 11.8. The Balaban J connectivity index is 1.93. The molecule has 11 heteroatoms. The van der Waals surface area contributed by atoms with Crippen LogP contribution in [0.3, 0.4) is 0 Å². The number of ether oxygens (including phenoxy) is 3. The Morgan fingerprint density at radius 1 is 1.03 bits per heavy atom. The van der Waals surface area contributed by atoms with Gasteiger partial charge in [0.1, 0.15) is 6.04 Å². The van der Waals surface area contributed by atoms with Crippen molar-refractivity contribution >= 4 is 33.7 Å². The van der Waals surface area contributed by atoms with Crippen LogP contribution < -0.4 is 19.5 Å². The Labute approximate surface area is 198 Å². The number of rotatable bonds is 13. The van der Waals surface area contributed by atoms with Crippen molar-refractivity contribution in [3.8, 4) is 11.5 Å². The molecule has 2 rings (SSSR count). The maximum atomic E-state index is 12.6. The first-order chi connectivity index (χ1) is 15.8. The fourth-order valence-electron chi connectivity index (χ4n) is 2.80. The average Bonchev–Trinajstić information content (AvgIpc) is 2.83. The van der Waals surface area contributed by atoms with Gasteiger partial charge in [0, 0.05) is 6.54 Å². The molecule has 2 aromatic carbocycles. The molecule has 0 radical (unpaired) electrons. The number of hydrogen-bond donors (Lipinski definition) is 2. The fraction of sp³-hybridized carbons (Fsp3) is 0.364. The van der Waals surface area contributed by atoms with Gasteiger partial charge in [0.15, 0.2) is 18.1 Å². The van der Waals surface area contributed by atoms with Crippen molar-refractivity contribution in [1.29, 1.82) is 0 Å². The number of carbonyl (C=O) groups excluding carboxylic acids is 2. The number of sulfonamides is 1. The standard InChI is InChI=1S/C22H28N2O7S2/c1-29-19-10-9-16(13-20(19)30-2)14-23-21(25)15-31-22(26)18(11-12-32-3)24-33(27,28)17-7-5-4-6-8-17/h4-10,13,18,24H,11-12,14-15H2,1-3H3,(H,23,25)/t18-/m1/s1. The molecule has 2 aromatic rings. The zero-order valence-electron chi connectivity index (χ0n) is 18.7. The summed E-state index contributed by atoms with van der Waals surface area (Å²) in [7, 11) is -0.874. The van der Waals surface area contributed by atoms with E-state index in [0.717, 1.165) is 5.56 Å². The molecule has 0 unspecified atom stereocenters. The second kappa shape index (κ2) is 13.1. The third-order valence-electron chi connectivity index (χ3n) is 4.53. The molecule has 0 aliphatic rings. The lowest BCUT2D eigenvalue weighted by Gasteiger charge is -2.17. The molecule has 2 N–H and O–H groups in total. The second-order valence-electron chi connectivity index (χ2n) is 6.84. The van der Waals surface area contributed by atoms with Gasteiger partial charge in [-0.3, -0.25) is 9.59 Å². The topological polar surface area (TPSA) is 120 Å². The first-order valence-corrected chi connectivity index (χ1v) is 12.9. The first-order valence-electron chi connectivity index (χ1n) is 10.0. The summed E-state index contributed by atoms with van der Waals surface area (Å²) in [5.41, 5.74) is 0.765. The predicted octanol–water partition coefficient (Wildman–Crippen LogP) is 1.96. The molecule has 1 amide bonds. The van der Waals surface area contributed by atoms with E-state index in [0.29, 0.717) is 17.3 Å². The molecule has 0 heterocycles. The van der Waals surface area contributed by atoms with E-state index < -0.39 is 34.5 Å². The van der Waals surface area contributed by atoms with Gasteiger partial charge in [0.25, 0.3) is 5.91 Å². The largest absolute Gasteiger partial charge is 0.493 e. The van der Waals surface area contributed by atoms with Crippen LogP contribution in [0.25, 0.3) is 0 Å². The van der Waals surface area contributed by atoms with Gasteiger partial charge in [0.05, 0.1) is 19.1 Å². The summed E-state index contributed by atoms with van der Waals surface area (Å²) in [6.45, 7) is -0.345. The smallest absolute Gasteiger partial charge is 0.324 e. The van der Waals surface area contributed by atoms with E-state index in [9.17, 15) is 18.0 Å². The van der Waals surface area contributed by atoms with Crippen LogP contribution in [0.4, 0.5) is 0 Å². The molecule has 33 heavy (non-hydrogen) atoms. The van der Waals surface area contributed by atoms with Gasteiger partial charge >= 0.3 is 5.97 Å². The monoisotopic (exact) mass is 496 g/mol. The number of nitrogens with one attached hydrogen (secondary N) is 2. The van der Waals surface area contributed by atoms with E-state index in [1.54, 1.807) is 36.4 Å². The Hall–Kier alpha value is -2.76. The van der Waals surface area contributed by atoms with Gasteiger partial charge < -0.3 is 19.5 Å². The maximum absolute atomic E-state index is 12.6. The van der Waals surface area contributed by atoms with Crippen molar-refractivity contribution in [2.45, 2.75) is 23.9 Å². The van der Waals surface area contributed by atoms with Gasteiger partial charge in [-0.15, -0.1) is 0 Å². The fourth-order valence-corrected chi connectivity index (χ4v) is 4.51. The number of thioether (sulfide) groups is 1. The minimum atomic E-state index is -3.91. The molecule has 0 bridgehead atoms. The molecule has 9 nitrogen and oxygen atoms in total. The quantitative estimate of drug-likeness (QED) is 0.404. The molecule has 0 aliphatic carbocycles. The number of methoxy groups -OCH3 is 2. The summed E-state index contributed by atoms with van der Waals surface area (Å²) in [5.74, 6) is 0.286. The highest BCUT2D eigenvalue weighted by Crippen LogP contribution is 2.27. The van der Waals surface area contributed by atoms with Crippen LogP contribution in [0.2, 0.25) is 0 Å². The lowest BCUT2D eigenvalue weighted by Crippen LogP contribution is -2.43. The van der Waals surface area contributed by atoms with Crippen LogP contribution in [-0.4, -0.2) is 59.2 Å². The van der Waals surface area contributed by atoms with E-state index >= 15 is 0 Å². The average molecular weight is 497 g/mol. The van der Waals surface area contributed by atoms with Crippen LogP contribution >= 0.6 is 11.8 Å². The Kier molecular flexibility index (Phi) is 10.5. The van der Waals surface area contributed by atoms with E-state index in [1.165, 1.54) is 38.1 Å². The first kappa shape index (κ1) is 26.5. The summed E-state index contributed by atoms with van der Waals surface area (Å²) < 4.78 is 43.0. The normalized spacial score (nSPS) is 12.0. The Bertz CT molecular complexity index is 1030. The van der Waals surface area contributed by atoms with Crippen LogP contribution in [-0.2, 0) is 30.9 Å². The third kappa shape index (κ3) is 8.26. The molecule has 1 atom stereocenters. The van der Waals surface area contributed by atoms with Gasteiger partial charge in [-0.1, -0.05) is 24.3 Å². The minimum absolute atomic E-state index is 0.0413. The maximum Gasteiger partial charge on any atom is 0.324 e. The highest BCUT2D eigenvalue weighted by Gasteiger charge is 2.27. The van der Waals surface area contributed by atoms with Crippen molar-refractivity contribution < 1.29 is 32.2 Å². The predicted molar refractivity (Wildman–Crippen MR) is 126 cm³/mol. The van der Waals surface area contributed by atoms with Gasteiger partial charge in [-0.05, 0) is 48.3 Å². The summed E-state index contributed by atoms with van der Waals surface area (Å²) in [5, 5.41) is 2.64. The zero-order chi connectivity index (χ0) is 24.3. The second-order valence-corrected chi connectivity index (χ2v) is 9.54. The molecule has 0 saturated carbocycles. The SMILES string of the molecule is COc1ccc(CNC(=O)COC(=O)[C@@H](CCSC)NS(=O)(=O)c2ccccc2)cc1OC. The van der Waals surface area contributed by atoms with Crippen molar-refractivity contribution in [2.24, 2.45) is 0 Å². The van der Waals surface area contributed by atoms with Gasteiger partial charge in [0.2, 0.25) is 10.0 Å². The van der Waals surface area contributed by atoms with Crippen LogP contribution in [0.15, 0.2) is 53.4 Å². The zero-order valence-corrected chi connectivity index (χ0v) is 20.3. The molecule has 0 fully saturated rings. The van der Waals surface area contributed by atoms with E-state index in [-0.39, 0.29) is 17.9 Å². The van der Waals surface area contributed by atoms with Crippen molar-refractivity contribution in [1.82, 2.24) is 10.0 Å². The van der Waals surface area contributed by atoms with Crippen molar-refractivity contribution in [2.75, 3.05) is 32.8 Å². The van der Waals surface area contributed by atoms with E-state index in [2.05, 4.69) is 10.0 Å². The van der Waals surface area contributed by atoms with Crippen molar-refractivity contribution in [3.63, 3.8) is 0 Å². The van der Waals surface area contributed by atoms with Crippen LogP contribution in [0, 0.1) is 0 Å². The number of hydrogen-bond acceptors (Lipinski definition) is 8. The molecular formula is C22H28N2O7S2. The molecule has 0 saturated heterocycles. The van der Waals surface area contributed by atoms with E-state index in [4.69, 9.17) is 14.2 Å². The Morgan fingerprint density at radius 2 is 1.73 bits per heavy atom. The molecule has 0 aromatic heterocycles. The molecular weight excluding hydrogens is 468 g/mol. The lowest BCUT2D eigenvalue weighted by atomic mass is 10.2. The van der Waals surface area contributed by atoms with E-state index in [1.807, 2.05) is 6.26 Å². The molecule has 180 valence electrons. The number of carbonyl (C=O) groups is 2. The summed E-state index contributed by atoms with van der Waals surface area (Å²) >= 11 is 1.46. The third-order valence-corrected chi connectivity index (χ3v) is 6.66. The van der Waals surface area contributed by atoms with Crippen LogP contribution in [0.5, 0.6) is 11.5 Å². The number of amides is 1. The summed E-state index contributed by atoms with van der Waals surface area (Å²) in [4.78, 5) is 24.7. The number of esters is 1. The number of benzene rings is 2. The van der Waals surface area contributed by atoms with Gasteiger partial charge in [-0.25, -0.2) is 8.42 Å². The summed E-state index contributed by atoms with van der Waals surface area (Å²) in [6.07, 6.45) is 2.06. The molecule has 0 aliphatic heterocycles. The molecule has 0 spiro atoms. The highest BCUT2D eigenvalue weighted by molar-refractivity contribution is 7.98. The highest BCUT2D eigenvalue weighted by atomic mass is 32.2. The van der Waals surface area contributed by atoms with Crippen molar-refractivity contribution in [3.05, 3.63) is 54.1 Å². The van der Waals surface area contributed by atoms with Gasteiger partial charge in [-0.2, -0.15) is 16.5 Å². The lowest BCUT2D eigenvalue weighted by molar-refractivity contribution is -0.150. The van der Waals surface area contributed by atoms with Crippen LogP contribution in [0.1, 0.15) is 12.0 Å². The Morgan fingerprint density at radius 3 is 2.36 bits per heavy atom.